The second-order valence-electron chi connectivity index (χ2n) is 5.45. The van der Waals surface area contributed by atoms with Crippen LogP contribution in [0.3, 0.4) is 0 Å². The summed E-state index contributed by atoms with van der Waals surface area (Å²) in [4.78, 5) is 8.54. The molecule has 0 radical (unpaired) electrons. The fourth-order valence-electron chi connectivity index (χ4n) is 2.08. The van der Waals surface area contributed by atoms with Gasteiger partial charge in [-0.15, -0.1) is 0 Å². The van der Waals surface area contributed by atoms with E-state index in [1.807, 2.05) is 0 Å². The molecule has 4 nitrogen and oxygen atoms in total. The van der Waals surface area contributed by atoms with Gasteiger partial charge in [-0.25, -0.2) is 4.98 Å². The first kappa shape index (κ1) is 15.9. The first-order valence-electron chi connectivity index (χ1n) is 7.07. The van der Waals surface area contributed by atoms with Crippen LogP contribution in [0.25, 0.3) is 0 Å². The second-order valence-corrected chi connectivity index (χ2v) is 5.86. The normalized spacial score (nSPS) is 14.7. The molecule has 1 aliphatic rings. The topological polar surface area (TPSA) is 49.8 Å². The summed E-state index contributed by atoms with van der Waals surface area (Å²) in [5, 5.41) is 5.70. The zero-order chi connectivity index (χ0) is 16.6. The van der Waals surface area contributed by atoms with E-state index in [0.29, 0.717) is 17.8 Å². The number of alkyl halides is 3. The lowest BCUT2D eigenvalue weighted by Crippen LogP contribution is -2.09. The van der Waals surface area contributed by atoms with Gasteiger partial charge >= 0.3 is 6.18 Å². The van der Waals surface area contributed by atoms with E-state index in [1.165, 1.54) is 12.1 Å². The van der Waals surface area contributed by atoms with Gasteiger partial charge in [0, 0.05) is 23.5 Å². The molecule has 1 heterocycles. The van der Waals surface area contributed by atoms with Crippen molar-refractivity contribution in [3.63, 3.8) is 0 Å². The van der Waals surface area contributed by atoms with E-state index in [0.717, 1.165) is 24.6 Å². The van der Waals surface area contributed by atoms with Gasteiger partial charge in [-0.1, -0.05) is 11.6 Å². The summed E-state index contributed by atoms with van der Waals surface area (Å²) in [6.45, 7) is 1.80. The predicted octanol–water partition coefficient (Wildman–Crippen LogP) is 4.78. The number of aryl methyl sites for hydroxylation is 1. The molecule has 2 aromatic rings. The van der Waals surface area contributed by atoms with Crippen molar-refractivity contribution in [1.29, 1.82) is 0 Å². The molecule has 0 atom stereocenters. The number of aromatic nitrogens is 2. The number of rotatable bonds is 4. The Morgan fingerprint density at radius 3 is 2.57 bits per heavy atom. The number of halogens is 4. The highest BCUT2D eigenvalue weighted by atomic mass is 35.5. The summed E-state index contributed by atoms with van der Waals surface area (Å²) >= 11 is 5.62. The van der Waals surface area contributed by atoms with E-state index in [1.54, 1.807) is 13.0 Å². The number of hydrogen-bond donors (Lipinski definition) is 2. The molecule has 0 saturated heterocycles. The number of nitrogens with one attached hydrogen (secondary N) is 2. The van der Waals surface area contributed by atoms with E-state index in [2.05, 4.69) is 20.6 Å². The molecule has 3 rings (SSSR count). The van der Waals surface area contributed by atoms with Crippen molar-refractivity contribution in [3.05, 3.63) is 40.5 Å². The van der Waals surface area contributed by atoms with Crippen LogP contribution in [0.1, 0.15) is 24.1 Å². The molecule has 1 aromatic heterocycles. The van der Waals surface area contributed by atoms with E-state index in [-0.39, 0.29) is 10.7 Å². The molecular weight excluding hydrogens is 329 g/mol. The van der Waals surface area contributed by atoms with Gasteiger partial charge in [-0.2, -0.15) is 18.2 Å². The maximum absolute atomic E-state index is 12.9. The fourth-order valence-corrected chi connectivity index (χ4v) is 2.30. The molecule has 0 spiro atoms. The van der Waals surface area contributed by atoms with Gasteiger partial charge < -0.3 is 10.6 Å². The number of benzene rings is 1. The Kier molecular flexibility index (Phi) is 4.06. The number of nitrogens with zero attached hydrogens (tertiary/aromatic N) is 2. The monoisotopic (exact) mass is 342 g/mol. The molecule has 0 aliphatic heterocycles. The Morgan fingerprint density at radius 2 is 1.91 bits per heavy atom. The van der Waals surface area contributed by atoms with Crippen molar-refractivity contribution in [2.24, 2.45) is 0 Å². The van der Waals surface area contributed by atoms with Crippen LogP contribution in [-0.2, 0) is 6.18 Å². The van der Waals surface area contributed by atoms with Gasteiger partial charge in [0.05, 0.1) is 10.6 Å². The summed E-state index contributed by atoms with van der Waals surface area (Å²) < 4.78 is 38.7. The van der Waals surface area contributed by atoms with Crippen LogP contribution in [0.4, 0.5) is 30.6 Å². The molecular formula is C15H14ClF3N4. The second kappa shape index (κ2) is 5.88. The zero-order valence-corrected chi connectivity index (χ0v) is 13.0. The van der Waals surface area contributed by atoms with Gasteiger partial charge in [-0.05, 0) is 38.0 Å². The minimum Gasteiger partial charge on any atom is -0.351 e. The Bertz CT molecular complexity index is 729. The average Bonchev–Trinajstić information content (AvgIpc) is 3.23. The molecule has 1 aliphatic carbocycles. The van der Waals surface area contributed by atoms with Crippen molar-refractivity contribution < 1.29 is 13.2 Å². The van der Waals surface area contributed by atoms with Crippen molar-refractivity contribution >= 4 is 29.1 Å². The lowest BCUT2D eigenvalue weighted by Gasteiger charge is -2.13. The third-order valence-corrected chi connectivity index (χ3v) is 3.64. The van der Waals surface area contributed by atoms with Crippen LogP contribution in [0.2, 0.25) is 5.02 Å². The summed E-state index contributed by atoms with van der Waals surface area (Å²) in [7, 11) is 0. The first-order valence-corrected chi connectivity index (χ1v) is 7.45. The fraction of sp³-hybridized carbons (Fsp3) is 0.333. The molecule has 1 saturated carbocycles. The summed E-state index contributed by atoms with van der Waals surface area (Å²) in [6.07, 6.45) is -2.35. The van der Waals surface area contributed by atoms with E-state index >= 15 is 0 Å². The van der Waals surface area contributed by atoms with Crippen molar-refractivity contribution in [2.45, 2.75) is 32.0 Å². The number of hydrogen-bond acceptors (Lipinski definition) is 4. The van der Waals surface area contributed by atoms with E-state index in [9.17, 15) is 13.2 Å². The highest BCUT2D eigenvalue weighted by molar-refractivity contribution is 6.31. The van der Waals surface area contributed by atoms with Crippen LogP contribution in [0, 0.1) is 6.92 Å². The average molecular weight is 343 g/mol. The number of anilines is 3. The largest absolute Gasteiger partial charge is 0.417 e. The van der Waals surface area contributed by atoms with E-state index < -0.39 is 11.7 Å². The highest BCUT2D eigenvalue weighted by Crippen LogP contribution is 2.36. The Labute approximate surface area is 136 Å². The molecule has 0 unspecified atom stereocenters. The minimum atomic E-state index is -4.50. The lowest BCUT2D eigenvalue weighted by atomic mass is 10.2. The van der Waals surface area contributed by atoms with Gasteiger partial charge in [0.25, 0.3) is 0 Å². The molecule has 0 bridgehead atoms. The van der Waals surface area contributed by atoms with Gasteiger partial charge in [-0.3, -0.25) is 0 Å². The summed E-state index contributed by atoms with van der Waals surface area (Å²) in [5.41, 5.74) is 0.0964. The summed E-state index contributed by atoms with van der Waals surface area (Å²) in [6, 6.07) is 5.71. The molecule has 1 fully saturated rings. The first-order chi connectivity index (χ1) is 10.8. The van der Waals surface area contributed by atoms with Crippen LogP contribution < -0.4 is 10.6 Å². The Balaban J connectivity index is 1.85. The highest BCUT2D eigenvalue weighted by Gasteiger charge is 2.33. The quantitative estimate of drug-likeness (QED) is 0.840. The molecule has 2 N–H and O–H groups in total. The molecule has 1 aromatic carbocycles. The minimum absolute atomic E-state index is 0.261. The zero-order valence-electron chi connectivity index (χ0n) is 12.2. The van der Waals surface area contributed by atoms with Crippen LogP contribution in [-0.4, -0.2) is 16.0 Å². The van der Waals surface area contributed by atoms with Crippen molar-refractivity contribution in [3.8, 4) is 0 Å². The Morgan fingerprint density at radius 1 is 1.17 bits per heavy atom. The maximum atomic E-state index is 12.9. The summed E-state index contributed by atoms with van der Waals surface area (Å²) in [5.74, 6) is 0.899. The maximum Gasteiger partial charge on any atom is 0.417 e. The van der Waals surface area contributed by atoms with Crippen LogP contribution in [0.15, 0.2) is 24.3 Å². The smallest absolute Gasteiger partial charge is 0.351 e. The molecule has 0 amide bonds. The predicted molar refractivity (Wildman–Crippen MR) is 83.2 cm³/mol. The molecule has 23 heavy (non-hydrogen) atoms. The molecule has 8 heteroatoms. The van der Waals surface area contributed by atoms with E-state index in [4.69, 9.17) is 11.6 Å². The molecule has 122 valence electrons. The van der Waals surface area contributed by atoms with Gasteiger partial charge in [0.2, 0.25) is 5.95 Å². The third kappa shape index (κ3) is 4.04. The van der Waals surface area contributed by atoms with Crippen LogP contribution in [0.5, 0.6) is 0 Å². The van der Waals surface area contributed by atoms with Gasteiger partial charge in [0.1, 0.15) is 5.82 Å². The lowest BCUT2D eigenvalue weighted by molar-refractivity contribution is -0.137. The van der Waals surface area contributed by atoms with Crippen molar-refractivity contribution in [2.75, 3.05) is 10.6 Å². The standard InChI is InChI=1S/C15H14ClF3N4/c1-8-6-13(23-14(20-8)22-9-2-3-9)21-10-4-5-12(16)11(7-10)15(17,18)19/h4-7,9H,2-3H2,1H3,(H2,20,21,22,23). The van der Waals surface area contributed by atoms with Crippen LogP contribution >= 0.6 is 11.6 Å². The Hall–Kier alpha value is -2.02. The van der Waals surface area contributed by atoms with Gasteiger partial charge in [0.15, 0.2) is 0 Å². The SMILES string of the molecule is Cc1cc(Nc2ccc(Cl)c(C(F)(F)F)c2)nc(NC2CC2)n1. The van der Waals surface area contributed by atoms with Crippen molar-refractivity contribution in [1.82, 2.24) is 9.97 Å². The third-order valence-electron chi connectivity index (χ3n) is 3.31.